The van der Waals surface area contributed by atoms with Crippen LogP contribution in [0.2, 0.25) is 0 Å². The van der Waals surface area contributed by atoms with Crippen molar-refractivity contribution in [3.05, 3.63) is 0 Å². The minimum atomic E-state index is -0.958. The van der Waals surface area contributed by atoms with Crippen molar-refractivity contribution in [1.82, 2.24) is 0 Å². The number of rotatable bonds is 12. The minimum Gasteiger partial charge on any atom is -0.463 e. The van der Waals surface area contributed by atoms with Gasteiger partial charge in [0.1, 0.15) is 11.4 Å². The van der Waals surface area contributed by atoms with Crippen molar-refractivity contribution in [1.29, 1.82) is 0 Å². The molecular formula is C16H30O7S. The van der Waals surface area contributed by atoms with Crippen LogP contribution in [0.3, 0.4) is 0 Å². The summed E-state index contributed by atoms with van der Waals surface area (Å²) < 4.78 is 15.0. The fourth-order valence-electron chi connectivity index (χ4n) is 2.69. The third kappa shape index (κ3) is 11.7. The summed E-state index contributed by atoms with van der Waals surface area (Å²) in [4.78, 5) is 24.0. The topological polar surface area (TPSA) is 91.3 Å². The number of hydrogen-bond donors (Lipinski definition) is 1. The van der Waals surface area contributed by atoms with E-state index in [1.807, 2.05) is 20.8 Å². The lowest BCUT2D eigenvalue weighted by molar-refractivity contribution is -0.432. The minimum absolute atomic E-state index is 0.0125. The predicted octanol–water partition coefficient (Wildman–Crippen LogP) is 3.77. The maximum Gasteiger partial charge on any atom is 0.318 e. The summed E-state index contributed by atoms with van der Waals surface area (Å²) in [6.45, 7) is 11.7. The van der Waals surface area contributed by atoms with Gasteiger partial charge in [0.25, 0.3) is 0 Å². The van der Waals surface area contributed by atoms with Crippen LogP contribution in [-0.2, 0) is 28.4 Å². The van der Waals surface area contributed by atoms with Crippen molar-refractivity contribution in [3.63, 3.8) is 0 Å². The first-order valence-corrected chi connectivity index (χ1v) is 9.00. The Labute approximate surface area is 148 Å². The zero-order valence-corrected chi connectivity index (χ0v) is 16.2. The molecule has 24 heavy (non-hydrogen) atoms. The number of ether oxygens (including phenoxy) is 2. The molecule has 0 aromatic rings. The number of esters is 2. The van der Waals surface area contributed by atoms with E-state index in [4.69, 9.17) is 14.7 Å². The Morgan fingerprint density at radius 2 is 1.71 bits per heavy atom. The molecule has 2 unspecified atom stereocenters. The van der Waals surface area contributed by atoms with E-state index in [0.29, 0.717) is 24.4 Å². The van der Waals surface area contributed by atoms with Crippen LogP contribution in [0.25, 0.3) is 0 Å². The molecule has 0 saturated heterocycles. The first-order valence-electron chi connectivity index (χ1n) is 8.09. The SMILES string of the molecule is CC(C)CC(C)OC(=O)CC(C)(CC(C)C)OC(=O)CSOOO. The van der Waals surface area contributed by atoms with E-state index < -0.39 is 11.6 Å². The van der Waals surface area contributed by atoms with Crippen LogP contribution in [0.5, 0.6) is 0 Å². The van der Waals surface area contributed by atoms with E-state index in [2.05, 4.69) is 23.2 Å². The second-order valence-electron chi connectivity index (χ2n) is 7.03. The van der Waals surface area contributed by atoms with E-state index in [0.717, 1.165) is 6.42 Å². The molecule has 1 N–H and O–H groups in total. The fourth-order valence-corrected chi connectivity index (χ4v) is 2.94. The summed E-state index contributed by atoms with van der Waals surface area (Å²) in [5.74, 6) is -0.468. The van der Waals surface area contributed by atoms with Gasteiger partial charge >= 0.3 is 11.9 Å². The van der Waals surface area contributed by atoms with Gasteiger partial charge in [0.15, 0.2) is 0 Å². The van der Waals surface area contributed by atoms with Crippen LogP contribution < -0.4 is 0 Å². The summed E-state index contributed by atoms with van der Waals surface area (Å²) in [6.07, 6.45) is 1.11. The Bertz CT molecular complexity index is 387. The van der Waals surface area contributed by atoms with Gasteiger partial charge in [-0.3, -0.25) is 9.59 Å². The second-order valence-corrected chi connectivity index (χ2v) is 7.69. The van der Waals surface area contributed by atoms with Crippen LogP contribution in [0.1, 0.15) is 60.8 Å². The van der Waals surface area contributed by atoms with Crippen molar-refractivity contribution in [2.75, 3.05) is 5.75 Å². The van der Waals surface area contributed by atoms with Crippen LogP contribution in [-0.4, -0.2) is 34.7 Å². The third-order valence-corrected chi connectivity index (χ3v) is 3.62. The van der Waals surface area contributed by atoms with E-state index in [9.17, 15) is 9.59 Å². The van der Waals surface area contributed by atoms with Crippen molar-refractivity contribution in [3.8, 4) is 0 Å². The second kappa shape index (κ2) is 11.7. The third-order valence-electron chi connectivity index (χ3n) is 3.11. The molecule has 2 atom stereocenters. The molecular weight excluding hydrogens is 336 g/mol. The van der Waals surface area contributed by atoms with Crippen LogP contribution >= 0.6 is 12.0 Å². The molecule has 0 aliphatic heterocycles. The lowest BCUT2D eigenvalue weighted by atomic mass is 9.91. The molecule has 0 aromatic carbocycles. The molecule has 0 aromatic heterocycles. The van der Waals surface area contributed by atoms with Crippen LogP contribution in [0.15, 0.2) is 0 Å². The van der Waals surface area contributed by atoms with Crippen LogP contribution in [0.4, 0.5) is 0 Å². The van der Waals surface area contributed by atoms with Crippen molar-refractivity contribution >= 4 is 24.0 Å². The average Bonchev–Trinajstić information content (AvgIpc) is 2.35. The Morgan fingerprint density at radius 3 is 2.21 bits per heavy atom. The lowest BCUT2D eigenvalue weighted by Gasteiger charge is -2.31. The van der Waals surface area contributed by atoms with Gasteiger partial charge in [-0.1, -0.05) is 32.7 Å². The molecule has 0 aliphatic rings. The molecule has 0 rings (SSSR count). The molecule has 0 radical (unpaired) electrons. The largest absolute Gasteiger partial charge is 0.463 e. The molecule has 8 heteroatoms. The zero-order chi connectivity index (χ0) is 18.8. The maximum atomic E-state index is 12.2. The zero-order valence-electron chi connectivity index (χ0n) is 15.4. The van der Waals surface area contributed by atoms with Gasteiger partial charge in [-0.25, -0.2) is 5.26 Å². The van der Waals surface area contributed by atoms with E-state index in [1.165, 1.54) is 0 Å². The van der Waals surface area contributed by atoms with Crippen molar-refractivity contribution in [2.45, 2.75) is 72.5 Å². The summed E-state index contributed by atoms with van der Waals surface area (Å²) in [5.41, 5.74) is -0.958. The Balaban J connectivity index is 4.66. The Kier molecular flexibility index (Phi) is 11.3. The predicted molar refractivity (Wildman–Crippen MR) is 90.8 cm³/mol. The van der Waals surface area contributed by atoms with Gasteiger partial charge in [0.2, 0.25) is 0 Å². The lowest BCUT2D eigenvalue weighted by Crippen LogP contribution is -2.37. The quantitative estimate of drug-likeness (QED) is 0.183. The van der Waals surface area contributed by atoms with Crippen molar-refractivity contribution in [2.24, 2.45) is 11.8 Å². The van der Waals surface area contributed by atoms with Gasteiger partial charge in [-0.2, -0.15) is 0 Å². The number of hydrogen-bond acceptors (Lipinski definition) is 8. The standard InChI is InChI=1S/C16H30O7S/c1-11(2)7-13(5)20-14(17)9-16(6,8-12(3)4)21-15(18)10-24-23-22-19/h11-13,19H,7-10H2,1-6H3. The molecule has 0 amide bonds. The Hall–Kier alpha value is -0.830. The number of carbonyl (C=O) groups excluding carboxylic acids is 2. The highest BCUT2D eigenvalue weighted by Crippen LogP contribution is 2.27. The molecule has 7 nitrogen and oxygen atoms in total. The molecule has 0 fully saturated rings. The summed E-state index contributed by atoms with van der Waals surface area (Å²) >= 11 is 0.594. The first kappa shape index (κ1) is 23.2. The van der Waals surface area contributed by atoms with Gasteiger partial charge in [0, 0.05) is 12.0 Å². The highest BCUT2D eigenvalue weighted by atomic mass is 32.2. The monoisotopic (exact) mass is 366 g/mol. The number of carbonyl (C=O) groups is 2. The molecule has 0 saturated carbocycles. The molecule has 0 aliphatic carbocycles. The van der Waals surface area contributed by atoms with E-state index in [1.54, 1.807) is 6.92 Å². The average molecular weight is 366 g/mol. The summed E-state index contributed by atoms with van der Waals surface area (Å²) in [5, 5.41) is 11.4. The highest BCUT2D eigenvalue weighted by molar-refractivity contribution is 7.95. The van der Waals surface area contributed by atoms with Crippen molar-refractivity contribution < 1.29 is 33.7 Å². The molecule has 0 heterocycles. The summed E-state index contributed by atoms with van der Waals surface area (Å²) in [7, 11) is 0. The van der Waals surface area contributed by atoms with E-state index in [-0.39, 0.29) is 30.2 Å². The van der Waals surface area contributed by atoms with Gasteiger partial charge in [0.05, 0.1) is 12.5 Å². The maximum absolute atomic E-state index is 12.2. The molecule has 142 valence electrons. The summed E-state index contributed by atoms with van der Waals surface area (Å²) in [6, 6.07) is 0. The van der Waals surface area contributed by atoms with Gasteiger partial charge < -0.3 is 9.47 Å². The van der Waals surface area contributed by atoms with Gasteiger partial charge in [-0.15, -0.1) is 4.33 Å². The normalized spacial score (nSPS) is 15.2. The van der Waals surface area contributed by atoms with Gasteiger partial charge in [-0.05, 0) is 38.5 Å². The first-order chi connectivity index (χ1) is 11.1. The van der Waals surface area contributed by atoms with Crippen LogP contribution in [0, 0.1) is 11.8 Å². The smallest absolute Gasteiger partial charge is 0.318 e. The molecule has 0 spiro atoms. The van der Waals surface area contributed by atoms with E-state index >= 15 is 0 Å². The molecule has 0 bridgehead atoms. The Morgan fingerprint density at radius 1 is 1.08 bits per heavy atom. The highest BCUT2D eigenvalue weighted by Gasteiger charge is 2.34. The fraction of sp³-hybridized carbons (Fsp3) is 0.875.